The van der Waals surface area contributed by atoms with Crippen LogP contribution in [0.2, 0.25) is 0 Å². The Morgan fingerprint density at radius 3 is 2.66 bits per heavy atom. The van der Waals surface area contributed by atoms with Crippen LogP contribution in [0.4, 0.5) is 14.9 Å². The van der Waals surface area contributed by atoms with E-state index in [2.05, 4.69) is 20.8 Å². The third-order valence-electron chi connectivity index (χ3n) is 4.54. The summed E-state index contributed by atoms with van der Waals surface area (Å²) < 4.78 is 29.3. The van der Waals surface area contributed by atoms with Gasteiger partial charge in [0, 0.05) is 17.3 Å². The van der Waals surface area contributed by atoms with Crippen LogP contribution in [0, 0.1) is 19.7 Å². The Balaban J connectivity index is 1.43. The van der Waals surface area contributed by atoms with Crippen LogP contribution in [-0.2, 0) is 0 Å². The quantitative estimate of drug-likeness (QED) is 0.686. The number of anilines is 1. The first-order chi connectivity index (χ1) is 13.9. The first-order valence-electron chi connectivity index (χ1n) is 8.98. The van der Waals surface area contributed by atoms with E-state index in [-0.39, 0.29) is 18.5 Å². The second-order valence-electron chi connectivity index (χ2n) is 6.76. The maximum Gasteiger partial charge on any atom is 0.319 e. The number of fused-ring (bicyclic) bond motifs is 1. The lowest BCUT2D eigenvalue weighted by atomic mass is 10.1. The molecular weight excluding hydrogens is 379 g/mol. The Morgan fingerprint density at radius 2 is 1.90 bits per heavy atom. The third kappa shape index (κ3) is 3.84. The Hall–Kier alpha value is -3.62. The molecule has 3 aromatic rings. The minimum atomic E-state index is -0.535. The summed E-state index contributed by atoms with van der Waals surface area (Å²) in [5.74, 6) is 1.48. The van der Waals surface area contributed by atoms with Crippen molar-refractivity contribution in [3.8, 4) is 22.9 Å². The molecule has 4 rings (SSSR count). The molecule has 9 heteroatoms. The van der Waals surface area contributed by atoms with Crippen LogP contribution in [0.1, 0.15) is 30.0 Å². The standard InChI is InChI=1S/C20H19FN4O4/c1-10-6-13(4-5-14(10)21)18-24-19(29-25-18)12(3)22-20(26)23-15-8-17-16(7-11(15)2)27-9-28-17/h4-8,12H,9H2,1-3H3,(H2,22,23,26). The molecule has 150 valence electrons. The number of carbonyl (C=O) groups excluding carboxylic acids is 1. The van der Waals surface area contributed by atoms with Gasteiger partial charge in [0.2, 0.25) is 18.5 Å². The van der Waals surface area contributed by atoms with Crippen molar-refractivity contribution in [1.82, 2.24) is 15.5 Å². The maximum atomic E-state index is 13.4. The molecule has 1 atom stereocenters. The molecule has 2 amide bonds. The number of benzene rings is 2. The number of nitrogens with zero attached hydrogens (tertiary/aromatic N) is 2. The number of urea groups is 1. The van der Waals surface area contributed by atoms with E-state index >= 15 is 0 Å². The SMILES string of the molecule is Cc1cc(-c2noc(C(C)NC(=O)Nc3cc4c(cc3C)OCO4)n2)ccc1F. The van der Waals surface area contributed by atoms with Crippen molar-refractivity contribution in [2.45, 2.75) is 26.8 Å². The highest BCUT2D eigenvalue weighted by Crippen LogP contribution is 2.36. The van der Waals surface area contributed by atoms with Gasteiger partial charge in [0.05, 0.1) is 0 Å². The Morgan fingerprint density at radius 1 is 1.14 bits per heavy atom. The molecule has 0 saturated heterocycles. The first-order valence-corrected chi connectivity index (χ1v) is 8.98. The molecule has 0 radical (unpaired) electrons. The molecule has 2 aromatic carbocycles. The van der Waals surface area contributed by atoms with Gasteiger partial charge in [0.1, 0.15) is 11.9 Å². The number of halogens is 1. The first kappa shape index (κ1) is 18.7. The summed E-state index contributed by atoms with van der Waals surface area (Å²) in [5, 5.41) is 9.43. The van der Waals surface area contributed by atoms with Crippen molar-refractivity contribution in [2.24, 2.45) is 0 Å². The largest absolute Gasteiger partial charge is 0.454 e. The van der Waals surface area contributed by atoms with Crippen molar-refractivity contribution in [3.63, 3.8) is 0 Å². The number of rotatable bonds is 4. The molecule has 0 aliphatic carbocycles. The van der Waals surface area contributed by atoms with E-state index in [1.807, 2.05) is 6.92 Å². The summed E-state index contributed by atoms with van der Waals surface area (Å²) in [6.45, 7) is 5.40. The third-order valence-corrected chi connectivity index (χ3v) is 4.54. The van der Waals surface area contributed by atoms with Gasteiger partial charge < -0.3 is 24.6 Å². The van der Waals surface area contributed by atoms with Crippen LogP contribution in [-0.4, -0.2) is 23.0 Å². The molecule has 1 aromatic heterocycles. The van der Waals surface area contributed by atoms with E-state index in [0.717, 1.165) is 5.56 Å². The van der Waals surface area contributed by atoms with Crippen LogP contribution >= 0.6 is 0 Å². The summed E-state index contributed by atoms with van der Waals surface area (Å²) in [6.07, 6.45) is 0. The van der Waals surface area contributed by atoms with Crippen molar-refractivity contribution in [2.75, 3.05) is 12.1 Å². The predicted molar refractivity (Wildman–Crippen MR) is 102 cm³/mol. The van der Waals surface area contributed by atoms with E-state index < -0.39 is 12.1 Å². The lowest BCUT2D eigenvalue weighted by Gasteiger charge is -2.13. The topological polar surface area (TPSA) is 98.5 Å². The molecule has 8 nitrogen and oxygen atoms in total. The van der Waals surface area contributed by atoms with Gasteiger partial charge in [0.15, 0.2) is 11.5 Å². The van der Waals surface area contributed by atoms with Crippen molar-refractivity contribution in [3.05, 3.63) is 53.2 Å². The summed E-state index contributed by atoms with van der Waals surface area (Å²) in [6, 6.07) is 7.11. The summed E-state index contributed by atoms with van der Waals surface area (Å²) in [5.41, 5.74) is 2.56. The highest BCUT2D eigenvalue weighted by Gasteiger charge is 2.20. The Bertz CT molecular complexity index is 1080. The lowest BCUT2D eigenvalue weighted by Crippen LogP contribution is -2.31. The van der Waals surface area contributed by atoms with E-state index in [4.69, 9.17) is 14.0 Å². The van der Waals surface area contributed by atoms with E-state index in [1.54, 1.807) is 38.1 Å². The van der Waals surface area contributed by atoms with Crippen LogP contribution in [0.25, 0.3) is 11.4 Å². The van der Waals surface area contributed by atoms with Crippen molar-refractivity contribution >= 4 is 11.7 Å². The van der Waals surface area contributed by atoms with E-state index in [0.29, 0.717) is 34.1 Å². The summed E-state index contributed by atoms with van der Waals surface area (Å²) in [7, 11) is 0. The number of hydrogen-bond donors (Lipinski definition) is 2. The number of aryl methyl sites for hydroxylation is 2. The van der Waals surface area contributed by atoms with Crippen molar-refractivity contribution < 1.29 is 23.2 Å². The molecular formula is C20H19FN4O4. The molecule has 1 unspecified atom stereocenters. The molecule has 0 bridgehead atoms. The lowest BCUT2D eigenvalue weighted by molar-refractivity contribution is 0.174. The Kier molecular flexibility index (Phi) is 4.79. The van der Waals surface area contributed by atoms with E-state index in [1.165, 1.54) is 6.07 Å². The molecule has 29 heavy (non-hydrogen) atoms. The Labute approximate surface area is 166 Å². The summed E-state index contributed by atoms with van der Waals surface area (Å²) >= 11 is 0. The van der Waals surface area contributed by atoms with Crippen LogP contribution in [0.3, 0.4) is 0 Å². The predicted octanol–water partition coefficient (Wildman–Crippen LogP) is 4.10. The van der Waals surface area contributed by atoms with Crippen LogP contribution in [0.15, 0.2) is 34.9 Å². The fraction of sp³-hybridized carbons (Fsp3) is 0.250. The zero-order chi connectivity index (χ0) is 20.5. The zero-order valence-electron chi connectivity index (χ0n) is 16.1. The molecule has 2 N–H and O–H groups in total. The zero-order valence-corrected chi connectivity index (χ0v) is 16.1. The highest BCUT2D eigenvalue weighted by molar-refractivity contribution is 5.90. The van der Waals surface area contributed by atoms with Gasteiger partial charge in [-0.1, -0.05) is 5.16 Å². The number of carbonyl (C=O) groups is 1. The highest BCUT2D eigenvalue weighted by atomic mass is 19.1. The molecule has 0 fully saturated rings. The molecule has 2 heterocycles. The number of hydrogen-bond acceptors (Lipinski definition) is 6. The average Bonchev–Trinajstić information content (AvgIpc) is 3.33. The normalized spacial score (nSPS) is 13.2. The minimum absolute atomic E-state index is 0.161. The van der Waals surface area contributed by atoms with Gasteiger partial charge in [-0.2, -0.15) is 4.98 Å². The smallest absolute Gasteiger partial charge is 0.319 e. The maximum absolute atomic E-state index is 13.4. The van der Waals surface area contributed by atoms with Gasteiger partial charge in [-0.25, -0.2) is 9.18 Å². The van der Waals surface area contributed by atoms with E-state index in [9.17, 15) is 9.18 Å². The van der Waals surface area contributed by atoms with Gasteiger partial charge >= 0.3 is 6.03 Å². The van der Waals surface area contributed by atoms with Gasteiger partial charge in [0.25, 0.3) is 0 Å². The number of amides is 2. The van der Waals surface area contributed by atoms with Gasteiger partial charge in [-0.05, 0) is 56.2 Å². The number of ether oxygens (including phenoxy) is 2. The average molecular weight is 398 g/mol. The van der Waals surface area contributed by atoms with Crippen LogP contribution < -0.4 is 20.1 Å². The van der Waals surface area contributed by atoms with Crippen LogP contribution in [0.5, 0.6) is 11.5 Å². The number of aromatic nitrogens is 2. The molecule has 1 aliphatic rings. The minimum Gasteiger partial charge on any atom is -0.454 e. The second-order valence-corrected chi connectivity index (χ2v) is 6.76. The fourth-order valence-corrected chi connectivity index (χ4v) is 2.91. The molecule has 1 aliphatic heterocycles. The monoisotopic (exact) mass is 398 g/mol. The summed E-state index contributed by atoms with van der Waals surface area (Å²) in [4.78, 5) is 16.7. The molecule has 0 saturated carbocycles. The van der Waals surface area contributed by atoms with Gasteiger partial charge in [-0.3, -0.25) is 0 Å². The fourth-order valence-electron chi connectivity index (χ4n) is 2.91. The van der Waals surface area contributed by atoms with Crippen molar-refractivity contribution in [1.29, 1.82) is 0 Å². The number of nitrogens with one attached hydrogen (secondary N) is 2. The molecule has 0 spiro atoms. The second kappa shape index (κ2) is 7.42. The van der Waals surface area contributed by atoms with Gasteiger partial charge in [-0.15, -0.1) is 0 Å².